The van der Waals surface area contributed by atoms with E-state index in [0.29, 0.717) is 11.4 Å². The largest absolute Gasteiger partial charge is 0.497 e. The highest BCUT2D eigenvalue weighted by Gasteiger charge is 2.18. The monoisotopic (exact) mass is 337 g/mol. The summed E-state index contributed by atoms with van der Waals surface area (Å²) in [7, 11) is 1.53. The molecule has 0 heterocycles. The summed E-state index contributed by atoms with van der Waals surface area (Å²) in [6.07, 6.45) is 0. The number of anilines is 1. The number of carbonyl (C=O) groups is 2. The van der Waals surface area contributed by atoms with Crippen molar-refractivity contribution in [3.05, 3.63) is 58.9 Å². The molecule has 0 aliphatic heterocycles. The molecule has 23 heavy (non-hydrogen) atoms. The van der Waals surface area contributed by atoms with E-state index in [0.717, 1.165) is 6.07 Å². The van der Waals surface area contributed by atoms with Gasteiger partial charge in [-0.15, -0.1) is 0 Å². The zero-order valence-electron chi connectivity index (χ0n) is 12.1. The highest BCUT2D eigenvalue weighted by atomic mass is 35.5. The van der Waals surface area contributed by atoms with Crippen LogP contribution in [-0.2, 0) is 9.53 Å². The molecule has 120 valence electrons. The van der Waals surface area contributed by atoms with E-state index in [1.54, 1.807) is 24.3 Å². The number of amides is 1. The molecule has 2 rings (SSSR count). The van der Waals surface area contributed by atoms with Gasteiger partial charge in [-0.1, -0.05) is 17.7 Å². The average molecular weight is 338 g/mol. The summed E-state index contributed by atoms with van der Waals surface area (Å²) in [5.74, 6) is -1.73. The van der Waals surface area contributed by atoms with Gasteiger partial charge in [0.1, 0.15) is 17.1 Å². The Morgan fingerprint density at radius 3 is 2.48 bits per heavy atom. The summed E-state index contributed by atoms with van der Waals surface area (Å²) in [5.41, 5.74) is 0.113. The van der Waals surface area contributed by atoms with Crippen LogP contribution in [0.5, 0.6) is 5.75 Å². The van der Waals surface area contributed by atoms with Crippen LogP contribution in [-0.4, -0.2) is 25.6 Å². The molecule has 0 spiro atoms. The van der Waals surface area contributed by atoms with Crippen LogP contribution in [0, 0.1) is 5.82 Å². The Balaban J connectivity index is 1.92. The van der Waals surface area contributed by atoms with Crippen LogP contribution >= 0.6 is 11.6 Å². The molecule has 2 aromatic rings. The highest BCUT2D eigenvalue weighted by Crippen LogP contribution is 2.20. The molecule has 0 saturated carbocycles. The molecular weight excluding hydrogens is 325 g/mol. The maximum atomic E-state index is 13.5. The molecule has 0 atom stereocenters. The zero-order valence-corrected chi connectivity index (χ0v) is 12.9. The first-order chi connectivity index (χ1) is 11.0. The first-order valence-corrected chi connectivity index (χ1v) is 6.94. The summed E-state index contributed by atoms with van der Waals surface area (Å²) in [6.45, 7) is -0.560. The molecule has 0 bridgehead atoms. The van der Waals surface area contributed by atoms with Gasteiger partial charge in [-0.05, 0) is 36.4 Å². The topological polar surface area (TPSA) is 64.6 Å². The van der Waals surface area contributed by atoms with Crippen LogP contribution < -0.4 is 10.1 Å². The Morgan fingerprint density at radius 1 is 1.17 bits per heavy atom. The number of methoxy groups -OCH3 is 1. The van der Waals surface area contributed by atoms with E-state index < -0.39 is 29.9 Å². The van der Waals surface area contributed by atoms with E-state index >= 15 is 0 Å². The molecular formula is C16H13ClFNO4. The molecule has 0 unspecified atom stereocenters. The first kappa shape index (κ1) is 16.8. The Labute approximate surface area is 137 Å². The number of nitrogens with one attached hydrogen (secondary N) is 1. The van der Waals surface area contributed by atoms with Crippen molar-refractivity contribution in [2.24, 2.45) is 0 Å². The summed E-state index contributed by atoms with van der Waals surface area (Å²) in [5, 5.41) is 2.45. The lowest BCUT2D eigenvalue weighted by Gasteiger charge is -2.08. The fourth-order valence-corrected chi connectivity index (χ4v) is 2.01. The fourth-order valence-electron chi connectivity index (χ4n) is 1.77. The number of hydrogen-bond donors (Lipinski definition) is 1. The minimum Gasteiger partial charge on any atom is -0.497 e. The third kappa shape index (κ3) is 4.43. The van der Waals surface area contributed by atoms with Gasteiger partial charge in [-0.3, -0.25) is 4.79 Å². The Hall–Kier alpha value is -2.60. The Kier molecular flexibility index (Phi) is 5.54. The molecule has 0 saturated heterocycles. The summed E-state index contributed by atoms with van der Waals surface area (Å²) >= 11 is 5.74. The van der Waals surface area contributed by atoms with Crippen molar-refractivity contribution in [2.45, 2.75) is 0 Å². The Bertz CT molecular complexity index is 698. The predicted molar refractivity (Wildman–Crippen MR) is 83.3 cm³/mol. The van der Waals surface area contributed by atoms with Crippen molar-refractivity contribution in [2.75, 3.05) is 19.0 Å². The number of ether oxygens (including phenoxy) is 2. The third-order valence-corrected chi connectivity index (χ3v) is 3.19. The minimum atomic E-state index is -1.00. The van der Waals surface area contributed by atoms with Crippen LogP contribution in [0.3, 0.4) is 0 Å². The molecule has 7 heteroatoms. The van der Waals surface area contributed by atoms with Crippen LogP contribution in [0.4, 0.5) is 10.1 Å². The molecule has 0 aromatic heterocycles. The van der Waals surface area contributed by atoms with Gasteiger partial charge in [0.15, 0.2) is 6.61 Å². The maximum Gasteiger partial charge on any atom is 0.343 e. The SMILES string of the molecule is COc1ccc(NC(=O)COC(=O)c2c(F)cccc2Cl)cc1. The molecule has 2 aromatic carbocycles. The van der Waals surface area contributed by atoms with E-state index in [2.05, 4.69) is 5.32 Å². The molecule has 1 amide bonds. The molecule has 1 N–H and O–H groups in total. The maximum absolute atomic E-state index is 13.5. The molecule has 5 nitrogen and oxygen atoms in total. The van der Waals surface area contributed by atoms with Gasteiger partial charge in [0.05, 0.1) is 12.1 Å². The number of benzene rings is 2. The van der Waals surface area contributed by atoms with Gasteiger partial charge in [0, 0.05) is 5.69 Å². The highest BCUT2D eigenvalue weighted by molar-refractivity contribution is 6.33. The van der Waals surface area contributed by atoms with Crippen LogP contribution in [0.15, 0.2) is 42.5 Å². The normalized spacial score (nSPS) is 10.0. The summed E-state index contributed by atoms with van der Waals surface area (Å²) in [4.78, 5) is 23.5. The number of rotatable bonds is 5. The molecule has 0 aliphatic carbocycles. The predicted octanol–water partition coefficient (Wildman–Crippen LogP) is 3.28. The van der Waals surface area contributed by atoms with Crippen LogP contribution in [0.2, 0.25) is 5.02 Å². The van der Waals surface area contributed by atoms with Gasteiger partial charge in [0.25, 0.3) is 5.91 Å². The van der Waals surface area contributed by atoms with Gasteiger partial charge < -0.3 is 14.8 Å². The average Bonchev–Trinajstić information content (AvgIpc) is 2.53. The van der Waals surface area contributed by atoms with E-state index in [9.17, 15) is 14.0 Å². The van der Waals surface area contributed by atoms with Gasteiger partial charge in [0.2, 0.25) is 0 Å². The van der Waals surface area contributed by atoms with Crippen molar-refractivity contribution < 1.29 is 23.5 Å². The van der Waals surface area contributed by atoms with Gasteiger partial charge >= 0.3 is 5.97 Å². The number of halogens is 2. The number of carbonyl (C=O) groups excluding carboxylic acids is 2. The van der Waals surface area contributed by atoms with Crippen LogP contribution in [0.25, 0.3) is 0 Å². The standard InChI is InChI=1S/C16H13ClFNO4/c1-22-11-7-5-10(6-8-11)19-14(20)9-23-16(21)15-12(17)3-2-4-13(15)18/h2-8H,9H2,1H3,(H,19,20). The van der Waals surface area contributed by atoms with Crippen molar-refractivity contribution >= 4 is 29.2 Å². The summed E-state index contributed by atoms with van der Waals surface area (Å²) < 4.78 is 23.3. The third-order valence-electron chi connectivity index (χ3n) is 2.88. The van der Waals surface area contributed by atoms with Gasteiger partial charge in [-0.25, -0.2) is 9.18 Å². The van der Waals surface area contributed by atoms with Crippen LogP contribution in [0.1, 0.15) is 10.4 Å². The van der Waals surface area contributed by atoms with Crippen molar-refractivity contribution in [1.82, 2.24) is 0 Å². The number of hydrogen-bond acceptors (Lipinski definition) is 4. The molecule has 0 fully saturated rings. The van der Waals surface area contributed by atoms with Gasteiger partial charge in [-0.2, -0.15) is 0 Å². The lowest BCUT2D eigenvalue weighted by molar-refractivity contribution is -0.119. The minimum absolute atomic E-state index is 0.0782. The molecule has 0 radical (unpaired) electrons. The summed E-state index contributed by atoms with van der Waals surface area (Å²) in [6, 6.07) is 10.4. The van der Waals surface area contributed by atoms with E-state index in [1.165, 1.54) is 19.2 Å². The Morgan fingerprint density at radius 2 is 1.87 bits per heavy atom. The zero-order chi connectivity index (χ0) is 16.8. The first-order valence-electron chi connectivity index (χ1n) is 6.56. The second kappa shape index (κ2) is 7.60. The smallest absolute Gasteiger partial charge is 0.343 e. The van der Waals surface area contributed by atoms with E-state index in [4.69, 9.17) is 21.1 Å². The quantitative estimate of drug-likeness (QED) is 0.850. The second-order valence-electron chi connectivity index (χ2n) is 4.45. The number of esters is 1. The molecule has 0 aliphatic rings. The van der Waals surface area contributed by atoms with Crippen molar-refractivity contribution in [1.29, 1.82) is 0 Å². The van der Waals surface area contributed by atoms with E-state index in [-0.39, 0.29) is 5.02 Å². The fraction of sp³-hybridized carbons (Fsp3) is 0.125. The lowest BCUT2D eigenvalue weighted by atomic mass is 10.2. The van der Waals surface area contributed by atoms with Crippen molar-refractivity contribution in [3.63, 3.8) is 0 Å². The van der Waals surface area contributed by atoms with E-state index in [1.807, 2.05) is 0 Å². The van der Waals surface area contributed by atoms with Crippen molar-refractivity contribution in [3.8, 4) is 5.75 Å². The second-order valence-corrected chi connectivity index (χ2v) is 4.86. The lowest BCUT2D eigenvalue weighted by Crippen LogP contribution is -2.21.